The number of nitrogens with zero attached hydrogens (tertiary/aromatic N) is 2. The van der Waals surface area contributed by atoms with Crippen molar-refractivity contribution in [2.24, 2.45) is 0 Å². The van der Waals surface area contributed by atoms with Crippen LogP contribution in [0.2, 0.25) is 0 Å². The predicted octanol–water partition coefficient (Wildman–Crippen LogP) is 3.77. The third kappa shape index (κ3) is 3.51. The zero-order chi connectivity index (χ0) is 18.8. The Morgan fingerprint density at radius 1 is 1.19 bits per heavy atom. The third-order valence-electron chi connectivity index (χ3n) is 4.86. The molecule has 0 aliphatic carbocycles. The van der Waals surface area contributed by atoms with E-state index in [1.807, 2.05) is 66.4 Å². The molecule has 0 bridgehead atoms. The summed E-state index contributed by atoms with van der Waals surface area (Å²) in [5.74, 6) is 0.816. The Balaban J connectivity index is 1.79. The fourth-order valence-electron chi connectivity index (χ4n) is 3.44. The molecule has 0 N–H and O–H groups in total. The fourth-order valence-corrected chi connectivity index (χ4v) is 3.44. The van der Waals surface area contributed by atoms with Crippen molar-refractivity contribution in [2.75, 3.05) is 26.8 Å². The van der Waals surface area contributed by atoms with Crippen molar-refractivity contribution in [3.05, 3.63) is 60.2 Å². The van der Waals surface area contributed by atoms with Crippen molar-refractivity contribution in [3.63, 3.8) is 0 Å². The Morgan fingerprint density at radius 3 is 2.70 bits per heavy atom. The number of benzene rings is 2. The minimum atomic E-state index is 0.0264. The molecule has 2 aromatic carbocycles. The molecule has 1 aliphatic rings. The molecule has 1 atom stereocenters. The summed E-state index contributed by atoms with van der Waals surface area (Å²) in [7, 11) is 1.64. The summed E-state index contributed by atoms with van der Waals surface area (Å²) in [5.41, 5.74) is 3.22. The van der Waals surface area contributed by atoms with E-state index in [2.05, 4.69) is 0 Å². The van der Waals surface area contributed by atoms with E-state index in [9.17, 15) is 4.79 Å². The predicted molar refractivity (Wildman–Crippen MR) is 105 cm³/mol. The van der Waals surface area contributed by atoms with Gasteiger partial charge >= 0.3 is 0 Å². The lowest BCUT2D eigenvalue weighted by molar-refractivity contribution is -0.0123. The van der Waals surface area contributed by atoms with Gasteiger partial charge in [-0.25, -0.2) is 4.98 Å². The maximum absolute atomic E-state index is 13.3. The van der Waals surface area contributed by atoms with E-state index in [-0.39, 0.29) is 12.0 Å². The molecule has 1 saturated heterocycles. The Morgan fingerprint density at radius 2 is 1.96 bits per heavy atom. The van der Waals surface area contributed by atoms with Crippen LogP contribution in [0.1, 0.15) is 17.3 Å². The van der Waals surface area contributed by atoms with Gasteiger partial charge in [-0.15, -0.1) is 0 Å². The number of hydrogen-bond donors (Lipinski definition) is 0. The lowest BCUT2D eigenvalue weighted by Crippen LogP contribution is -2.44. The van der Waals surface area contributed by atoms with Crippen LogP contribution in [0, 0.1) is 0 Å². The molecule has 0 spiro atoms. The van der Waals surface area contributed by atoms with Gasteiger partial charge in [-0.05, 0) is 43.3 Å². The van der Waals surface area contributed by atoms with Gasteiger partial charge in [-0.2, -0.15) is 0 Å². The lowest BCUT2D eigenvalue weighted by Gasteiger charge is -2.31. The van der Waals surface area contributed by atoms with Crippen LogP contribution >= 0.6 is 0 Å². The number of amides is 1. The van der Waals surface area contributed by atoms with Crippen molar-refractivity contribution in [1.29, 1.82) is 0 Å². The molecule has 2 heterocycles. The quantitative estimate of drug-likeness (QED) is 0.712. The Bertz CT molecular complexity index is 969. The van der Waals surface area contributed by atoms with E-state index in [1.165, 1.54) is 0 Å². The zero-order valence-corrected chi connectivity index (χ0v) is 15.5. The zero-order valence-electron chi connectivity index (χ0n) is 15.5. The van der Waals surface area contributed by atoms with Crippen LogP contribution in [0.25, 0.3) is 22.2 Å². The molecule has 5 nitrogen and oxygen atoms in total. The van der Waals surface area contributed by atoms with Crippen molar-refractivity contribution in [2.45, 2.75) is 13.0 Å². The molecule has 1 aromatic heterocycles. The van der Waals surface area contributed by atoms with E-state index >= 15 is 0 Å². The Hall–Kier alpha value is -2.92. The second-order valence-electron chi connectivity index (χ2n) is 6.73. The van der Waals surface area contributed by atoms with Gasteiger partial charge < -0.3 is 14.4 Å². The maximum atomic E-state index is 13.3. The van der Waals surface area contributed by atoms with Crippen LogP contribution < -0.4 is 4.74 Å². The molecule has 138 valence electrons. The first kappa shape index (κ1) is 17.5. The highest BCUT2D eigenvalue weighted by Crippen LogP contribution is 2.27. The molecule has 1 fully saturated rings. The van der Waals surface area contributed by atoms with Crippen LogP contribution in [0.3, 0.4) is 0 Å². The number of carbonyl (C=O) groups is 1. The summed E-state index contributed by atoms with van der Waals surface area (Å²) in [5, 5.41) is 0.874. The number of rotatable bonds is 3. The van der Waals surface area contributed by atoms with Crippen LogP contribution in [-0.4, -0.2) is 48.7 Å². The number of methoxy groups -OCH3 is 1. The van der Waals surface area contributed by atoms with Crippen molar-refractivity contribution < 1.29 is 14.3 Å². The molecule has 5 heteroatoms. The molecule has 1 unspecified atom stereocenters. The van der Waals surface area contributed by atoms with Gasteiger partial charge in [0.25, 0.3) is 5.91 Å². The smallest absolute Gasteiger partial charge is 0.254 e. The molecule has 1 aliphatic heterocycles. The Labute approximate surface area is 158 Å². The number of ether oxygens (including phenoxy) is 2. The number of pyridine rings is 1. The van der Waals surface area contributed by atoms with Gasteiger partial charge in [-0.1, -0.05) is 18.2 Å². The minimum absolute atomic E-state index is 0.0264. The summed E-state index contributed by atoms with van der Waals surface area (Å²) >= 11 is 0. The topological polar surface area (TPSA) is 51.7 Å². The SMILES string of the molecule is COc1ccc(-c2cc(C(=O)N3CCOC(C)C3)c3ccccc3n2)cc1. The van der Waals surface area contributed by atoms with Gasteiger partial charge in [0.05, 0.1) is 36.6 Å². The maximum Gasteiger partial charge on any atom is 0.254 e. The summed E-state index contributed by atoms with van der Waals surface area (Å²) < 4.78 is 10.8. The van der Waals surface area contributed by atoms with Gasteiger partial charge in [0.1, 0.15) is 5.75 Å². The molecular weight excluding hydrogens is 340 g/mol. The van der Waals surface area contributed by atoms with E-state index in [1.54, 1.807) is 7.11 Å². The summed E-state index contributed by atoms with van der Waals surface area (Å²) in [6, 6.07) is 17.4. The van der Waals surface area contributed by atoms with E-state index in [0.29, 0.717) is 25.3 Å². The van der Waals surface area contributed by atoms with Gasteiger partial charge in [0.15, 0.2) is 0 Å². The number of para-hydroxylation sites is 1. The van der Waals surface area contributed by atoms with Crippen LogP contribution in [0.15, 0.2) is 54.6 Å². The largest absolute Gasteiger partial charge is 0.497 e. The molecular formula is C22H22N2O3. The average molecular weight is 362 g/mol. The van der Waals surface area contributed by atoms with Gasteiger partial charge in [0, 0.05) is 24.0 Å². The highest BCUT2D eigenvalue weighted by Gasteiger charge is 2.24. The van der Waals surface area contributed by atoms with Gasteiger partial charge in [0.2, 0.25) is 0 Å². The van der Waals surface area contributed by atoms with Gasteiger partial charge in [-0.3, -0.25) is 4.79 Å². The summed E-state index contributed by atoms with van der Waals surface area (Å²) in [4.78, 5) is 19.9. The molecule has 27 heavy (non-hydrogen) atoms. The van der Waals surface area contributed by atoms with E-state index < -0.39 is 0 Å². The minimum Gasteiger partial charge on any atom is -0.497 e. The number of morpholine rings is 1. The number of hydrogen-bond acceptors (Lipinski definition) is 4. The van der Waals surface area contributed by atoms with E-state index in [4.69, 9.17) is 14.5 Å². The van der Waals surface area contributed by atoms with E-state index in [0.717, 1.165) is 27.9 Å². The fraction of sp³-hybridized carbons (Fsp3) is 0.273. The third-order valence-corrected chi connectivity index (χ3v) is 4.86. The monoisotopic (exact) mass is 362 g/mol. The van der Waals surface area contributed by atoms with Crippen molar-refractivity contribution in [1.82, 2.24) is 9.88 Å². The molecule has 4 rings (SSSR count). The average Bonchev–Trinajstić information content (AvgIpc) is 2.72. The normalized spacial score (nSPS) is 17.1. The first-order valence-corrected chi connectivity index (χ1v) is 9.11. The van der Waals surface area contributed by atoms with Crippen molar-refractivity contribution >= 4 is 16.8 Å². The van der Waals surface area contributed by atoms with Crippen LogP contribution in [0.4, 0.5) is 0 Å². The van der Waals surface area contributed by atoms with Crippen LogP contribution in [0.5, 0.6) is 5.75 Å². The first-order chi connectivity index (χ1) is 13.2. The summed E-state index contributed by atoms with van der Waals surface area (Å²) in [6.07, 6.45) is 0.0526. The second-order valence-corrected chi connectivity index (χ2v) is 6.73. The molecule has 3 aromatic rings. The standard InChI is InChI=1S/C22H22N2O3/c1-15-14-24(11-12-27-15)22(25)19-13-21(16-7-9-17(26-2)10-8-16)23-20-6-4-3-5-18(19)20/h3-10,13,15H,11-12,14H2,1-2H3. The summed E-state index contributed by atoms with van der Waals surface area (Å²) in [6.45, 7) is 3.78. The first-order valence-electron chi connectivity index (χ1n) is 9.11. The highest BCUT2D eigenvalue weighted by atomic mass is 16.5. The number of carbonyl (C=O) groups excluding carboxylic acids is 1. The second kappa shape index (κ2) is 7.37. The number of fused-ring (bicyclic) bond motifs is 1. The van der Waals surface area contributed by atoms with Crippen LogP contribution in [-0.2, 0) is 4.74 Å². The van der Waals surface area contributed by atoms with Crippen molar-refractivity contribution in [3.8, 4) is 17.0 Å². The molecule has 1 amide bonds. The molecule has 0 saturated carbocycles. The highest BCUT2D eigenvalue weighted by molar-refractivity contribution is 6.07. The Kier molecular flexibility index (Phi) is 4.77. The molecule has 0 radical (unpaired) electrons. The lowest BCUT2D eigenvalue weighted by atomic mass is 10.0. The number of aromatic nitrogens is 1.